The van der Waals surface area contributed by atoms with Crippen LogP contribution in [0.4, 0.5) is 0 Å². The van der Waals surface area contributed by atoms with Crippen molar-refractivity contribution in [2.24, 2.45) is 10.9 Å². The van der Waals surface area contributed by atoms with Crippen LogP contribution in [0.1, 0.15) is 129 Å². The zero-order chi connectivity index (χ0) is 50.4. The summed E-state index contributed by atoms with van der Waals surface area (Å²) in [6, 6.07) is 15.7. The minimum absolute atomic E-state index is 0.0355. The van der Waals surface area contributed by atoms with Gasteiger partial charge in [-0.2, -0.15) is 0 Å². The number of phenolic OH excluding ortho intramolecular Hbond substituents is 2. The van der Waals surface area contributed by atoms with E-state index in [1.807, 2.05) is 32.2 Å². The Kier molecular flexibility index (Phi) is 14.1. The van der Waals surface area contributed by atoms with Crippen molar-refractivity contribution in [3.05, 3.63) is 104 Å². The molecule has 4 heterocycles. The number of rotatable bonds is 15. The van der Waals surface area contributed by atoms with Crippen LogP contribution in [-0.4, -0.2) is 103 Å². The van der Waals surface area contributed by atoms with Crippen LogP contribution in [0, 0.1) is 17.8 Å². The number of benzene rings is 4. The van der Waals surface area contributed by atoms with E-state index < -0.39 is 29.5 Å². The third-order valence-electron chi connectivity index (χ3n) is 16.5. The topological polar surface area (TPSA) is 178 Å². The Morgan fingerprint density at radius 1 is 0.945 bits per heavy atom. The maximum atomic E-state index is 11.8. The molecule has 2 bridgehead atoms. The molecule has 0 spiro atoms. The number of ether oxygens (including phenoxy) is 4. The number of phenols is 2. The molecule has 0 radical (unpaired) electrons. The quantitative estimate of drug-likeness (QED) is 0.0380. The van der Waals surface area contributed by atoms with Crippen LogP contribution in [-0.2, 0) is 24.0 Å². The molecule has 4 aliphatic heterocycles. The molecule has 13 nitrogen and oxygen atoms in total. The Morgan fingerprint density at radius 2 is 1.78 bits per heavy atom. The van der Waals surface area contributed by atoms with Gasteiger partial charge in [0, 0.05) is 66.8 Å². The van der Waals surface area contributed by atoms with Gasteiger partial charge in [-0.25, -0.2) is 0 Å². The second-order valence-electron chi connectivity index (χ2n) is 22.2. The molecule has 4 aromatic rings. The second-order valence-corrected chi connectivity index (χ2v) is 22.2. The number of hydrogen-bond acceptors (Lipinski definition) is 13. The molecule has 0 amide bonds. The third kappa shape index (κ3) is 9.54. The summed E-state index contributed by atoms with van der Waals surface area (Å²) in [4.78, 5) is 4.74. The van der Waals surface area contributed by atoms with E-state index in [1.54, 1.807) is 6.07 Å². The highest BCUT2D eigenvalue weighted by molar-refractivity contribution is 5.89. The molecule has 4 aromatic carbocycles. The highest BCUT2D eigenvalue weighted by Gasteiger charge is 2.55. The molecule has 11 rings (SSSR count). The molecule has 0 unspecified atom stereocenters. The molecule has 7 atom stereocenters. The van der Waals surface area contributed by atoms with Crippen LogP contribution in [0.2, 0.25) is 0 Å². The van der Waals surface area contributed by atoms with E-state index in [4.69, 9.17) is 23.9 Å². The van der Waals surface area contributed by atoms with E-state index in [-0.39, 0.29) is 43.3 Å². The number of nitrogens with one attached hydrogen (secondary N) is 4. The Balaban J connectivity index is 1.12. The highest BCUT2D eigenvalue weighted by atomic mass is 16.6. The summed E-state index contributed by atoms with van der Waals surface area (Å²) in [7, 11) is 1.98. The van der Waals surface area contributed by atoms with E-state index >= 15 is 0 Å². The number of aromatic hydroxyl groups is 2. The minimum atomic E-state index is -1.18. The van der Waals surface area contributed by atoms with Crippen LogP contribution in [0.5, 0.6) is 28.7 Å². The predicted octanol–water partition coefficient (Wildman–Crippen LogP) is 6.30. The SMILES string of the molecule is CNCC1=Cc2c(O)ccc3c2[C@H](Cc2c4c(c5c(c2-3)O[C@H](CO)CC5)O[C@@H]2c3ccc(O)c(c3)OCCC#C[C@H](NCNC[C@@](C)(O)CC(C)C)[C@@]2(OCNC2CCCCC2)C4)[C@H]1c1ccc2c(c1)=CCN=2. The van der Waals surface area contributed by atoms with Crippen molar-refractivity contribution in [2.45, 2.75) is 139 Å². The molecular formula is C60H73N5O8. The van der Waals surface area contributed by atoms with E-state index in [1.165, 1.54) is 30.4 Å². The molecular weight excluding hydrogens is 919 g/mol. The van der Waals surface area contributed by atoms with Crippen molar-refractivity contribution in [1.29, 1.82) is 0 Å². The first-order chi connectivity index (χ1) is 35.4. The van der Waals surface area contributed by atoms with Crippen molar-refractivity contribution >= 4 is 12.2 Å². The molecule has 0 aromatic heterocycles. The standard InChI is InChI=1S/C60H73N5O8/c1-35(2)28-59(3,69)32-62-33-64-52-12-8-9-23-70-51-26-38(14-19-50(51)68)58-60(52,71-34-65-40-10-6-5-7-11-40)29-47-44-27-46-53(37-13-18-48-36(24-37)21-22-63-48)39(30-61-4)25-45-49(67)20-17-42(54(45)46)55(44)57-43(56(47)73-58)16-15-41(31-66)72-57/h13-14,17-21,24-26,35,40-41,46,52-53,58,61-62,64-69H,5-7,9-11,15-16,22-23,27-34H2,1-4H3/t41-,46+,52-,53-,58+,59-,60-/m0/s1. The summed E-state index contributed by atoms with van der Waals surface area (Å²) in [6.07, 6.45) is 12.2. The Bertz CT molecular complexity index is 2970. The van der Waals surface area contributed by atoms with Gasteiger partial charge < -0.3 is 50.0 Å². The lowest BCUT2D eigenvalue weighted by Crippen LogP contribution is -2.62. The molecule has 8 N–H and O–H groups in total. The van der Waals surface area contributed by atoms with Crippen molar-refractivity contribution in [3.8, 4) is 51.7 Å². The van der Waals surface area contributed by atoms with Crippen LogP contribution in [0.15, 0.2) is 59.1 Å². The lowest BCUT2D eigenvalue weighted by Gasteiger charge is -2.50. The average molecular weight is 992 g/mol. The number of nitrogens with zero attached hydrogens (tertiary/aromatic N) is 1. The molecule has 73 heavy (non-hydrogen) atoms. The summed E-state index contributed by atoms with van der Waals surface area (Å²) in [5, 5.41) is 61.9. The fourth-order valence-electron chi connectivity index (χ4n) is 13.4. The van der Waals surface area contributed by atoms with Gasteiger partial charge in [-0.3, -0.25) is 15.6 Å². The van der Waals surface area contributed by atoms with Crippen LogP contribution >= 0.6 is 0 Å². The van der Waals surface area contributed by atoms with Crippen molar-refractivity contribution in [1.82, 2.24) is 21.3 Å². The van der Waals surface area contributed by atoms with Gasteiger partial charge in [0.05, 0.1) is 37.4 Å². The van der Waals surface area contributed by atoms with E-state index in [9.17, 15) is 20.4 Å². The number of likely N-dealkylation sites (N-methyl/N-ethyl adjacent to an activating group) is 1. The van der Waals surface area contributed by atoms with Crippen LogP contribution < -0.4 is 46.1 Å². The lowest BCUT2D eigenvalue weighted by atomic mass is 9.62. The zero-order valence-electron chi connectivity index (χ0n) is 42.9. The van der Waals surface area contributed by atoms with Gasteiger partial charge in [-0.15, -0.1) is 0 Å². The van der Waals surface area contributed by atoms with E-state index in [0.29, 0.717) is 88.3 Å². The maximum absolute atomic E-state index is 11.8. The van der Waals surface area contributed by atoms with Crippen LogP contribution in [0.3, 0.4) is 0 Å². The highest BCUT2D eigenvalue weighted by Crippen LogP contribution is 2.62. The van der Waals surface area contributed by atoms with Crippen molar-refractivity contribution in [3.63, 3.8) is 0 Å². The average Bonchev–Trinajstić information content (AvgIpc) is 3.86. The van der Waals surface area contributed by atoms with Crippen LogP contribution in [0.25, 0.3) is 23.3 Å². The fraction of sp³-hybridized carbons (Fsp3) is 0.517. The van der Waals surface area contributed by atoms with Gasteiger partial charge in [0.15, 0.2) is 17.6 Å². The fourth-order valence-corrected chi connectivity index (χ4v) is 13.4. The summed E-state index contributed by atoms with van der Waals surface area (Å²) in [6.45, 7) is 8.54. The monoisotopic (exact) mass is 992 g/mol. The smallest absolute Gasteiger partial charge is 0.161 e. The summed E-state index contributed by atoms with van der Waals surface area (Å²) in [5.41, 5.74) is 8.04. The normalized spacial score (nSPS) is 25.4. The first-order valence-electron chi connectivity index (χ1n) is 26.9. The van der Waals surface area contributed by atoms with Gasteiger partial charge in [0.25, 0.3) is 0 Å². The zero-order valence-corrected chi connectivity index (χ0v) is 42.9. The first kappa shape index (κ1) is 49.8. The van der Waals surface area contributed by atoms with E-state index in [0.717, 1.165) is 73.7 Å². The molecule has 0 saturated heterocycles. The maximum Gasteiger partial charge on any atom is 0.161 e. The largest absolute Gasteiger partial charge is 0.507 e. The van der Waals surface area contributed by atoms with Crippen molar-refractivity contribution < 1.29 is 39.4 Å². The van der Waals surface area contributed by atoms with Crippen molar-refractivity contribution in [2.75, 3.05) is 53.3 Å². The molecule has 1 fully saturated rings. The molecule has 386 valence electrons. The van der Waals surface area contributed by atoms with Gasteiger partial charge in [0.1, 0.15) is 35.0 Å². The third-order valence-corrected chi connectivity index (χ3v) is 16.5. The predicted molar refractivity (Wildman–Crippen MR) is 283 cm³/mol. The number of fused-ring (bicyclic) bond motifs is 12. The van der Waals surface area contributed by atoms with Gasteiger partial charge >= 0.3 is 0 Å². The van der Waals surface area contributed by atoms with E-state index in [2.05, 4.69) is 83.4 Å². The molecule has 13 heteroatoms. The summed E-state index contributed by atoms with van der Waals surface area (Å²) < 4.78 is 28.6. The Labute approximate surface area is 429 Å². The Morgan fingerprint density at radius 3 is 2.60 bits per heavy atom. The number of hydrogen-bond donors (Lipinski definition) is 8. The summed E-state index contributed by atoms with van der Waals surface area (Å²) >= 11 is 0. The summed E-state index contributed by atoms with van der Waals surface area (Å²) in [5.74, 6) is 9.42. The minimum Gasteiger partial charge on any atom is -0.507 e. The number of aliphatic hydroxyl groups is 2. The molecule has 1 saturated carbocycles. The van der Waals surface area contributed by atoms with Gasteiger partial charge in [-0.05, 0) is 139 Å². The van der Waals surface area contributed by atoms with Gasteiger partial charge in [-0.1, -0.05) is 69.2 Å². The lowest BCUT2D eigenvalue weighted by molar-refractivity contribution is -0.144. The second kappa shape index (κ2) is 20.7. The number of aliphatic hydroxyl groups excluding tert-OH is 1. The molecule has 7 aliphatic rings. The van der Waals surface area contributed by atoms with Gasteiger partial charge in [0.2, 0.25) is 0 Å². The molecule has 3 aliphatic carbocycles. The Hall–Kier alpha value is -5.43. The first-order valence-corrected chi connectivity index (χ1v) is 26.9.